The van der Waals surface area contributed by atoms with Crippen molar-refractivity contribution >= 4 is 22.5 Å². The van der Waals surface area contributed by atoms with E-state index < -0.39 is 5.54 Å². The van der Waals surface area contributed by atoms with Crippen LogP contribution in [0.5, 0.6) is 0 Å². The lowest BCUT2D eigenvalue weighted by Crippen LogP contribution is -2.51. The van der Waals surface area contributed by atoms with Crippen LogP contribution in [-0.4, -0.2) is 30.1 Å². The van der Waals surface area contributed by atoms with E-state index >= 15 is 0 Å². The highest BCUT2D eigenvalue weighted by atomic mass is 16.2. The second kappa shape index (κ2) is 4.70. The Morgan fingerprint density at radius 1 is 1.32 bits per heavy atom. The van der Waals surface area contributed by atoms with Crippen molar-refractivity contribution < 1.29 is 4.79 Å². The third-order valence-electron chi connectivity index (χ3n) is 3.70. The van der Waals surface area contributed by atoms with E-state index in [1.54, 1.807) is 11.9 Å². The topological polar surface area (TPSA) is 37.3 Å². The normalized spacial score (nSPS) is 11.8. The molecule has 19 heavy (non-hydrogen) atoms. The SMILES string of the molecule is CNC(C)(C)C(=O)N(C)c1cn(C)c2ccccc12. The van der Waals surface area contributed by atoms with Crippen LogP contribution in [0.25, 0.3) is 10.9 Å². The predicted octanol–water partition coefficient (Wildman–Crippen LogP) is 2.14. The first-order valence-electron chi connectivity index (χ1n) is 6.39. The van der Waals surface area contributed by atoms with Crippen LogP contribution in [0.15, 0.2) is 30.5 Å². The van der Waals surface area contributed by atoms with Gasteiger partial charge >= 0.3 is 0 Å². The number of hydrogen-bond donors (Lipinski definition) is 1. The Balaban J connectivity index is 2.48. The molecule has 2 aromatic rings. The van der Waals surface area contributed by atoms with Gasteiger partial charge in [-0.2, -0.15) is 0 Å². The van der Waals surface area contributed by atoms with Crippen molar-refractivity contribution in [3.63, 3.8) is 0 Å². The Morgan fingerprint density at radius 3 is 2.58 bits per heavy atom. The molecule has 0 atom stereocenters. The number of benzene rings is 1. The van der Waals surface area contributed by atoms with E-state index in [2.05, 4.69) is 11.4 Å². The third-order valence-corrected chi connectivity index (χ3v) is 3.70. The Hall–Kier alpha value is -1.81. The Bertz CT molecular complexity index is 613. The van der Waals surface area contributed by atoms with Crippen molar-refractivity contribution in [3.8, 4) is 0 Å². The van der Waals surface area contributed by atoms with E-state index in [9.17, 15) is 4.79 Å². The van der Waals surface area contributed by atoms with Crippen molar-refractivity contribution in [2.24, 2.45) is 7.05 Å². The lowest BCUT2D eigenvalue weighted by atomic mass is 10.0. The standard InChI is InChI=1S/C15H21N3O/c1-15(2,16-3)14(19)18(5)13-10-17(4)12-9-7-6-8-11(12)13/h6-10,16H,1-5H3. The largest absolute Gasteiger partial charge is 0.348 e. The summed E-state index contributed by atoms with van der Waals surface area (Å²) in [4.78, 5) is 14.2. The molecule has 0 spiro atoms. The molecule has 1 aromatic carbocycles. The van der Waals surface area contributed by atoms with Crippen LogP contribution in [-0.2, 0) is 11.8 Å². The monoisotopic (exact) mass is 259 g/mol. The number of rotatable bonds is 3. The molecule has 0 aliphatic carbocycles. The Labute approximate surface area is 114 Å². The molecule has 1 heterocycles. The summed E-state index contributed by atoms with van der Waals surface area (Å²) in [7, 11) is 5.62. The number of nitrogens with one attached hydrogen (secondary N) is 1. The van der Waals surface area contributed by atoms with Gasteiger partial charge in [0.2, 0.25) is 5.91 Å². The molecule has 4 heteroatoms. The molecule has 0 saturated heterocycles. The fourth-order valence-corrected chi connectivity index (χ4v) is 2.22. The van der Waals surface area contributed by atoms with Crippen LogP contribution in [0, 0.1) is 0 Å². The number of likely N-dealkylation sites (N-methyl/N-ethyl adjacent to an activating group) is 2. The van der Waals surface area contributed by atoms with Gasteiger partial charge in [-0.3, -0.25) is 4.79 Å². The molecule has 0 fully saturated rings. The second-order valence-electron chi connectivity index (χ2n) is 5.38. The lowest BCUT2D eigenvalue weighted by Gasteiger charge is -2.28. The molecule has 0 aliphatic rings. The van der Waals surface area contributed by atoms with E-state index in [1.165, 1.54) is 0 Å². The minimum Gasteiger partial charge on any atom is -0.348 e. The van der Waals surface area contributed by atoms with Crippen molar-refractivity contribution in [2.45, 2.75) is 19.4 Å². The zero-order chi connectivity index (χ0) is 14.2. The summed E-state index contributed by atoms with van der Waals surface area (Å²) < 4.78 is 2.04. The van der Waals surface area contributed by atoms with Gasteiger partial charge in [-0.05, 0) is 27.0 Å². The van der Waals surface area contributed by atoms with Crippen LogP contribution in [0.2, 0.25) is 0 Å². The summed E-state index contributed by atoms with van der Waals surface area (Å²) in [6.07, 6.45) is 1.99. The lowest BCUT2D eigenvalue weighted by molar-refractivity contribution is -0.123. The second-order valence-corrected chi connectivity index (χ2v) is 5.38. The van der Waals surface area contributed by atoms with Crippen molar-refractivity contribution in [2.75, 3.05) is 19.0 Å². The summed E-state index contributed by atoms with van der Waals surface area (Å²) in [6.45, 7) is 3.77. The number of carbonyl (C=O) groups is 1. The average Bonchev–Trinajstić information content (AvgIpc) is 2.75. The first-order chi connectivity index (χ1) is 8.88. The molecule has 0 saturated carbocycles. The highest BCUT2D eigenvalue weighted by Crippen LogP contribution is 2.28. The van der Waals surface area contributed by atoms with Gasteiger partial charge in [-0.1, -0.05) is 18.2 Å². The summed E-state index contributed by atoms with van der Waals surface area (Å²) in [5.74, 6) is 0.0475. The highest BCUT2D eigenvalue weighted by Gasteiger charge is 2.30. The Kier molecular flexibility index (Phi) is 3.37. The maximum atomic E-state index is 12.5. The number of carbonyl (C=O) groups excluding carboxylic acids is 1. The summed E-state index contributed by atoms with van der Waals surface area (Å²) in [5.41, 5.74) is 1.48. The van der Waals surface area contributed by atoms with E-state index in [-0.39, 0.29) is 5.91 Å². The van der Waals surface area contributed by atoms with Crippen LogP contribution < -0.4 is 10.2 Å². The summed E-state index contributed by atoms with van der Waals surface area (Å²) in [6, 6.07) is 8.10. The molecule has 4 nitrogen and oxygen atoms in total. The smallest absolute Gasteiger partial charge is 0.246 e. The minimum absolute atomic E-state index is 0.0475. The fourth-order valence-electron chi connectivity index (χ4n) is 2.22. The van der Waals surface area contributed by atoms with Crippen LogP contribution in [0.1, 0.15) is 13.8 Å². The summed E-state index contributed by atoms with van der Waals surface area (Å²) >= 11 is 0. The zero-order valence-electron chi connectivity index (χ0n) is 12.2. The fraction of sp³-hybridized carbons (Fsp3) is 0.400. The van der Waals surface area contributed by atoms with E-state index in [0.29, 0.717) is 0 Å². The number of aromatic nitrogens is 1. The quantitative estimate of drug-likeness (QED) is 0.917. The van der Waals surface area contributed by atoms with Crippen LogP contribution >= 0.6 is 0 Å². The van der Waals surface area contributed by atoms with E-state index in [4.69, 9.17) is 0 Å². The molecule has 0 radical (unpaired) electrons. The number of fused-ring (bicyclic) bond motifs is 1. The maximum absolute atomic E-state index is 12.5. The van der Waals surface area contributed by atoms with E-state index in [1.807, 2.05) is 56.9 Å². The van der Waals surface area contributed by atoms with Gasteiger partial charge in [0, 0.05) is 31.2 Å². The van der Waals surface area contributed by atoms with Crippen LogP contribution in [0.3, 0.4) is 0 Å². The molecular weight excluding hydrogens is 238 g/mol. The third kappa shape index (κ3) is 2.24. The van der Waals surface area contributed by atoms with Gasteiger partial charge in [0.25, 0.3) is 0 Å². The zero-order valence-corrected chi connectivity index (χ0v) is 12.2. The molecule has 102 valence electrons. The molecule has 0 aliphatic heterocycles. The van der Waals surface area contributed by atoms with Gasteiger partial charge in [-0.25, -0.2) is 0 Å². The molecule has 2 rings (SSSR count). The van der Waals surface area contributed by atoms with Crippen LogP contribution in [0.4, 0.5) is 5.69 Å². The van der Waals surface area contributed by atoms with Crippen molar-refractivity contribution in [1.29, 1.82) is 0 Å². The maximum Gasteiger partial charge on any atom is 0.246 e. The molecule has 1 aromatic heterocycles. The van der Waals surface area contributed by atoms with Gasteiger partial charge in [-0.15, -0.1) is 0 Å². The minimum atomic E-state index is -0.578. The molecule has 0 bridgehead atoms. The number of anilines is 1. The van der Waals surface area contributed by atoms with Crippen molar-refractivity contribution in [3.05, 3.63) is 30.5 Å². The molecule has 0 unspecified atom stereocenters. The highest BCUT2D eigenvalue weighted by molar-refractivity contribution is 6.06. The molecule has 1 amide bonds. The number of hydrogen-bond acceptors (Lipinski definition) is 2. The average molecular weight is 259 g/mol. The first kappa shape index (κ1) is 13.6. The first-order valence-corrected chi connectivity index (χ1v) is 6.39. The number of amides is 1. The van der Waals surface area contributed by atoms with Gasteiger partial charge in [0.1, 0.15) is 0 Å². The van der Waals surface area contributed by atoms with Gasteiger partial charge < -0.3 is 14.8 Å². The number of aryl methyl sites for hydroxylation is 1. The van der Waals surface area contributed by atoms with Crippen molar-refractivity contribution in [1.82, 2.24) is 9.88 Å². The molecule has 1 N–H and O–H groups in total. The van der Waals surface area contributed by atoms with Gasteiger partial charge in [0.15, 0.2) is 0 Å². The number of para-hydroxylation sites is 1. The van der Waals surface area contributed by atoms with E-state index in [0.717, 1.165) is 16.6 Å². The van der Waals surface area contributed by atoms with Gasteiger partial charge in [0.05, 0.1) is 11.2 Å². The Morgan fingerprint density at radius 2 is 1.95 bits per heavy atom. The number of nitrogens with zero attached hydrogens (tertiary/aromatic N) is 2. The predicted molar refractivity (Wildman–Crippen MR) is 79.5 cm³/mol. The molecular formula is C15H21N3O. The summed E-state index contributed by atoms with van der Waals surface area (Å²) in [5, 5.41) is 4.14.